The molecule has 0 aliphatic heterocycles. The maximum absolute atomic E-state index is 8.76. The van der Waals surface area contributed by atoms with Gasteiger partial charge in [-0.2, -0.15) is 4.98 Å². The first kappa shape index (κ1) is 16.7. The van der Waals surface area contributed by atoms with Crippen molar-refractivity contribution in [1.29, 1.82) is 0 Å². The van der Waals surface area contributed by atoms with Gasteiger partial charge in [-0.05, 0) is 48.9 Å². The standard InChI is InChI=1S/C18H19N5O2/c1-13-3-2-4-15(11-13)22-18-20-12-19-17(23-18)21-14-5-7-16(8-6-14)25-10-9-24/h2-8,11-12,24H,9-10H2,1H3,(H2,19,20,21,22,23). The van der Waals surface area contributed by atoms with Crippen LogP contribution in [0.25, 0.3) is 0 Å². The lowest BCUT2D eigenvalue weighted by Gasteiger charge is -2.09. The molecule has 7 heteroatoms. The smallest absolute Gasteiger partial charge is 0.232 e. The Morgan fingerprint density at radius 1 is 0.960 bits per heavy atom. The minimum Gasteiger partial charge on any atom is -0.491 e. The van der Waals surface area contributed by atoms with Gasteiger partial charge < -0.3 is 20.5 Å². The average Bonchev–Trinajstić information content (AvgIpc) is 2.61. The molecule has 1 aromatic heterocycles. The summed E-state index contributed by atoms with van der Waals surface area (Å²) in [6.45, 7) is 2.29. The van der Waals surface area contributed by atoms with Crippen molar-refractivity contribution in [3.05, 3.63) is 60.4 Å². The fourth-order valence-corrected chi connectivity index (χ4v) is 2.20. The molecule has 0 amide bonds. The van der Waals surface area contributed by atoms with Gasteiger partial charge in [-0.1, -0.05) is 12.1 Å². The molecule has 3 N–H and O–H groups in total. The number of aliphatic hydroxyl groups is 1. The lowest BCUT2D eigenvalue weighted by Crippen LogP contribution is -2.03. The molecule has 0 spiro atoms. The summed E-state index contributed by atoms with van der Waals surface area (Å²) >= 11 is 0. The SMILES string of the molecule is Cc1cccc(Nc2ncnc(Nc3ccc(OCCO)cc3)n2)c1. The summed E-state index contributed by atoms with van der Waals surface area (Å²) in [4.78, 5) is 12.6. The Labute approximate surface area is 145 Å². The fraction of sp³-hybridized carbons (Fsp3) is 0.167. The molecule has 0 atom stereocenters. The Bertz CT molecular complexity index is 824. The highest BCUT2D eigenvalue weighted by molar-refractivity contribution is 5.58. The second-order valence-corrected chi connectivity index (χ2v) is 5.35. The van der Waals surface area contributed by atoms with Gasteiger partial charge in [0.05, 0.1) is 6.61 Å². The van der Waals surface area contributed by atoms with Crippen molar-refractivity contribution in [2.45, 2.75) is 6.92 Å². The molecule has 3 aromatic rings. The van der Waals surface area contributed by atoms with Crippen LogP contribution in [0.2, 0.25) is 0 Å². The predicted molar refractivity (Wildman–Crippen MR) is 96.6 cm³/mol. The summed E-state index contributed by atoms with van der Waals surface area (Å²) in [6.07, 6.45) is 1.45. The lowest BCUT2D eigenvalue weighted by atomic mass is 10.2. The van der Waals surface area contributed by atoms with E-state index in [0.29, 0.717) is 17.6 Å². The van der Waals surface area contributed by atoms with Gasteiger partial charge in [0.15, 0.2) is 0 Å². The van der Waals surface area contributed by atoms with E-state index < -0.39 is 0 Å². The zero-order valence-electron chi connectivity index (χ0n) is 13.8. The number of hydrogen-bond donors (Lipinski definition) is 3. The maximum atomic E-state index is 8.76. The molecule has 25 heavy (non-hydrogen) atoms. The van der Waals surface area contributed by atoms with Crippen LogP contribution in [0.4, 0.5) is 23.3 Å². The normalized spacial score (nSPS) is 10.3. The van der Waals surface area contributed by atoms with Crippen molar-refractivity contribution in [1.82, 2.24) is 15.0 Å². The average molecular weight is 337 g/mol. The number of aryl methyl sites for hydroxylation is 1. The summed E-state index contributed by atoms with van der Waals surface area (Å²) in [5, 5.41) is 15.0. The second kappa shape index (κ2) is 8.07. The van der Waals surface area contributed by atoms with E-state index in [1.807, 2.05) is 55.5 Å². The third-order valence-corrected chi connectivity index (χ3v) is 3.32. The molecule has 0 aliphatic rings. The summed E-state index contributed by atoms with van der Waals surface area (Å²) in [7, 11) is 0. The van der Waals surface area contributed by atoms with Gasteiger partial charge in [0.2, 0.25) is 11.9 Å². The Hall–Kier alpha value is -3.19. The minimum atomic E-state index is -0.0123. The van der Waals surface area contributed by atoms with Crippen LogP contribution in [0.1, 0.15) is 5.56 Å². The van der Waals surface area contributed by atoms with Crippen LogP contribution < -0.4 is 15.4 Å². The van der Waals surface area contributed by atoms with E-state index in [1.54, 1.807) is 0 Å². The van der Waals surface area contributed by atoms with Gasteiger partial charge in [0.1, 0.15) is 18.7 Å². The molecule has 0 radical (unpaired) electrons. The van der Waals surface area contributed by atoms with Crippen LogP contribution in [0.5, 0.6) is 5.75 Å². The third-order valence-electron chi connectivity index (χ3n) is 3.32. The Morgan fingerprint density at radius 3 is 2.36 bits per heavy atom. The van der Waals surface area contributed by atoms with E-state index in [1.165, 1.54) is 6.33 Å². The Morgan fingerprint density at radius 2 is 1.68 bits per heavy atom. The van der Waals surface area contributed by atoms with E-state index in [4.69, 9.17) is 9.84 Å². The highest BCUT2D eigenvalue weighted by atomic mass is 16.5. The van der Waals surface area contributed by atoms with Crippen molar-refractivity contribution in [2.24, 2.45) is 0 Å². The first-order valence-electron chi connectivity index (χ1n) is 7.86. The maximum Gasteiger partial charge on any atom is 0.232 e. The summed E-state index contributed by atoms with van der Waals surface area (Å²) in [6, 6.07) is 15.3. The number of aliphatic hydroxyl groups excluding tert-OH is 1. The summed E-state index contributed by atoms with van der Waals surface area (Å²) < 4.78 is 5.33. The van der Waals surface area contributed by atoms with E-state index in [2.05, 4.69) is 25.6 Å². The Kier molecular flexibility index (Phi) is 5.38. The lowest BCUT2D eigenvalue weighted by molar-refractivity contribution is 0.201. The molecule has 0 fully saturated rings. The highest BCUT2D eigenvalue weighted by Gasteiger charge is 2.03. The minimum absolute atomic E-state index is 0.0123. The van der Waals surface area contributed by atoms with Gasteiger partial charge in [0.25, 0.3) is 0 Å². The number of rotatable bonds is 7. The number of nitrogens with one attached hydrogen (secondary N) is 2. The first-order chi connectivity index (χ1) is 12.2. The van der Waals surface area contributed by atoms with Gasteiger partial charge in [-0.25, -0.2) is 9.97 Å². The molecule has 1 heterocycles. The first-order valence-corrected chi connectivity index (χ1v) is 7.86. The van der Waals surface area contributed by atoms with Crippen molar-refractivity contribution >= 4 is 23.3 Å². The van der Waals surface area contributed by atoms with Crippen LogP contribution >= 0.6 is 0 Å². The van der Waals surface area contributed by atoms with Gasteiger partial charge in [0, 0.05) is 11.4 Å². The van der Waals surface area contributed by atoms with Gasteiger partial charge >= 0.3 is 0 Å². The highest BCUT2D eigenvalue weighted by Crippen LogP contribution is 2.19. The molecule has 0 saturated heterocycles. The number of anilines is 4. The number of benzene rings is 2. The van der Waals surface area contributed by atoms with Crippen molar-refractivity contribution < 1.29 is 9.84 Å². The number of ether oxygens (including phenoxy) is 1. The fourth-order valence-electron chi connectivity index (χ4n) is 2.20. The quantitative estimate of drug-likeness (QED) is 0.610. The Balaban J connectivity index is 1.67. The number of aromatic nitrogens is 3. The topological polar surface area (TPSA) is 92.2 Å². The van der Waals surface area contributed by atoms with Crippen molar-refractivity contribution in [3.8, 4) is 5.75 Å². The molecule has 2 aromatic carbocycles. The van der Waals surface area contributed by atoms with Crippen molar-refractivity contribution in [2.75, 3.05) is 23.8 Å². The molecule has 0 bridgehead atoms. The molecular weight excluding hydrogens is 318 g/mol. The largest absolute Gasteiger partial charge is 0.491 e. The molecular formula is C18H19N5O2. The van der Waals surface area contributed by atoms with E-state index >= 15 is 0 Å². The third kappa shape index (κ3) is 4.89. The van der Waals surface area contributed by atoms with Crippen LogP contribution in [-0.4, -0.2) is 33.3 Å². The number of hydrogen-bond acceptors (Lipinski definition) is 7. The van der Waals surface area contributed by atoms with Gasteiger partial charge in [-0.3, -0.25) is 0 Å². The molecule has 0 aliphatic carbocycles. The molecule has 0 saturated carbocycles. The number of nitrogens with zero attached hydrogens (tertiary/aromatic N) is 3. The van der Waals surface area contributed by atoms with E-state index in [0.717, 1.165) is 16.9 Å². The van der Waals surface area contributed by atoms with Crippen LogP contribution in [0.15, 0.2) is 54.9 Å². The zero-order valence-corrected chi connectivity index (χ0v) is 13.8. The van der Waals surface area contributed by atoms with Crippen molar-refractivity contribution in [3.63, 3.8) is 0 Å². The van der Waals surface area contributed by atoms with E-state index in [9.17, 15) is 0 Å². The molecule has 7 nitrogen and oxygen atoms in total. The summed E-state index contributed by atoms with van der Waals surface area (Å²) in [5.41, 5.74) is 2.90. The molecule has 3 rings (SSSR count). The van der Waals surface area contributed by atoms with Crippen LogP contribution in [0.3, 0.4) is 0 Å². The monoisotopic (exact) mass is 337 g/mol. The second-order valence-electron chi connectivity index (χ2n) is 5.35. The summed E-state index contributed by atoms with van der Waals surface area (Å²) in [5.74, 6) is 1.59. The zero-order chi connectivity index (χ0) is 17.5. The molecule has 128 valence electrons. The molecule has 0 unspecified atom stereocenters. The van der Waals surface area contributed by atoms with Gasteiger partial charge in [-0.15, -0.1) is 0 Å². The van der Waals surface area contributed by atoms with E-state index in [-0.39, 0.29) is 13.2 Å². The van der Waals surface area contributed by atoms with Crippen LogP contribution in [-0.2, 0) is 0 Å². The van der Waals surface area contributed by atoms with Crippen LogP contribution in [0, 0.1) is 6.92 Å². The predicted octanol–water partition coefficient (Wildman–Crippen LogP) is 3.04.